The number of carbonyl (C=O) groups is 1. The first kappa shape index (κ1) is 16.3. The van der Waals surface area contributed by atoms with Gasteiger partial charge >= 0.3 is 6.09 Å². The van der Waals surface area contributed by atoms with E-state index in [-0.39, 0.29) is 6.61 Å². The van der Waals surface area contributed by atoms with E-state index < -0.39 is 11.7 Å². The highest BCUT2D eigenvalue weighted by atomic mass is 16.6. The van der Waals surface area contributed by atoms with Crippen molar-refractivity contribution in [3.8, 4) is 5.75 Å². The Morgan fingerprint density at radius 1 is 1.35 bits per heavy atom. The quantitative estimate of drug-likeness (QED) is 0.870. The Hall–Kier alpha value is -1.75. The van der Waals surface area contributed by atoms with Crippen LogP contribution in [-0.4, -0.2) is 30.5 Å². The predicted octanol–water partition coefficient (Wildman–Crippen LogP) is 2.97. The lowest BCUT2D eigenvalue weighted by Gasteiger charge is -2.20. The molecule has 0 saturated carbocycles. The van der Waals surface area contributed by atoms with Gasteiger partial charge in [-0.15, -0.1) is 0 Å². The third kappa shape index (κ3) is 5.48. The number of carbonyl (C=O) groups excluding carboxylic acids is 1. The van der Waals surface area contributed by atoms with Crippen LogP contribution in [0.4, 0.5) is 10.5 Å². The van der Waals surface area contributed by atoms with E-state index in [1.807, 2.05) is 26.8 Å². The molecule has 0 unspecified atom stereocenters. The zero-order chi connectivity index (χ0) is 15.2. The van der Waals surface area contributed by atoms with Crippen LogP contribution in [0.15, 0.2) is 18.2 Å². The van der Waals surface area contributed by atoms with Gasteiger partial charge in [0.1, 0.15) is 11.4 Å². The van der Waals surface area contributed by atoms with Gasteiger partial charge in [0.15, 0.2) is 0 Å². The summed E-state index contributed by atoms with van der Waals surface area (Å²) >= 11 is 0. The number of aryl methyl sites for hydroxylation is 1. The Kier molecular flexibility index (Phi) is 5.82. The van der Waals surface area contributed by atoms with Crippen molar-refractivity contribution in [3.05, 3.63) is 23.8 Å². The summed E-state index contributed by atoms with van der Waals surface area (Å²) in [4.78, 5) is 11.8. The van der Waals surface area contributed by atoms with Crippen LogP contribution in [0, 0.1) is 0 Å². The summed E-state index contributed by atoms with van der Waals surface area (Å²) in [6.45, 7) is 5.54. The van der Waals surface area contributed by atoms with Gasteiger partial charge in [-0.1, -0.05) is 0 Å². The number of aliphatic hydroxyl groups excluding tert-OH is 1. The highest BCUT2D eigenvalue weighted by Gasteiger charge is 2.17. The molecule has 0 radical (unpaired) electrons. The third-order valence-electron chi connectivity index (χ3n) is 2.55. The Morgan fingerprint density at radius 3 is 2.60 bits per heavy atom. The van der Waals surface area contributed by atoms with Crippen LogP contribution in [0.25, 0.3) is 0 Å². The Bertz CT molecular complexity index is 452. The fourth-order valence-corrected chi connectivity index (χ4v) is 1.71. The molecule has 2 N–H and O–H groups in total. The van der Waals surface area contributed by atoms with Crippen LogP contribution in [0.1, 0.15) is 32.8 Å². The summed E-state index contributed by atoms with van der Waals surface area (Å²) in [7, 11) is 1.59. The fraction of sp³-hybridized carbons (Fsp3) is 0.533. The van der Waals surface area contributed by atoms with E-state index in [1.54, 1.807) is 19.2 Å². The molecule has 20 heavy (non-hydrogen) atoms. The zero-order valence-electron chi connectivity index (χ0n) is 12.5. The summed E-state index contributed by atoms with van der Waals surface area (Å²) < 4.78 is 10.4. The third-order valence-corrected chi connectivity index (χ3v) is 2.55. The Balaban J connectivity index is 2.84. The maximum absolute atomic E-state index is 11.8. The smallest absolute Gasteiger partial charge is 0.412 e. The van der Waals surface area contributed by atoms with E-state index >= 15 is 0 Å². The molecule has 0 heterocycles. The van der Waals surface area contributed by atoms with Crippen LogP contribution in [-0.2, 0) is 11.2 Å². The molecule has 0 atom stereocenters. The molecule has 5 nitrogen and oxygen atoms in total. The van der Waals surface area contributed by atoms with Gasteiger partial charge in [-0.25, -0.2) is 4.79 Å². The minimum Gasteiger partial charge on any atom is -0.497 e. The summed E-state index contributed by atoms with van der Waals surface area (Å²) in [5, 5.41) is 11.7. The maximum Gasteiger partial charge on any atom is 0.412 e. The average molecular weight is 281 g/mol. The fourth-order valence-electron chi connectivity index (χ4n) is 1.71. The second-order valence-electron chi connectivity index (χ2n) is 5.48. The number of benzene rings is 1. The molecular weight excluding hydrogens is 258 g/mol. The van der Waals surface area contributed by atoms with Crippen LogP contribution in [0.3, 0.4) is 0 Å². The van der Waals surface area contributed by atoms with Crippen molar-refractivity contribution < 1.29 is 19.4 Å². The molecule has 0 bridgehead atoms. The number of methoxy groups -OCH3 is 1. The Labute approximate surface area is 119 Å². The van der Waals surface area contributed by atoms with Crippen LogP contribution in [0.2, 0.25) is 0 Å². The molecule has 1 aromatic carbocycles. The number of hydrogen-bond donors (Lipinski definition) is 2. The standard InChI is InChI=1S/C15H23NO4/c1-15(2,3)20-14(18)16-13-8-7-12(19-4)10-11(13)6-5-9-17/h7-8,10,17H,5-6,9H2,1-4H3,(H,16,18). The highest BCUT2D eigenvalue weighted by Crippen LogP contribution is 2.24. The Morgan fingerprint density at radius 2 is 2.05 bits per heavy atom. The zero-order valence-corrected chi connectivity index (χ0v) is 12.5. The van der Waals surface area contributed by atoms with Crippen molar-refractivity contribution in [3.63, 3.8) is 0 Å². The van der Waals surface area contributed by atoms with Crippen molar-refractivity contribution in [2.24, 2.45) is 0 Å². The molecule has 0 aromatic heterocycles. The average Bonchev–Trinajstić information content (AvgIpc) is 2.35. The largest absolute Gasteiger partial charge is 0.497 e. The van der Waals surface area contributed by atoms with E-state index in [9.17, 15) is 4.79 Å². The van der Waals surface area contributed by atoms with Crippen LogP contribution < -0.4 is 10.1 Å². The predicted molar refractivity (Wildman–Crippen MR) is 78.3 cm³/mol. The van der Waals surface area contributed by atoms with Gasteiger partial charge in [0.2, 0.25) is 0 Å². The summed E-state index contributed by atoms with van der Waals surface area (Å²) in [5.74, 6) is 0.715. The number of aliphatic hydroxyl groups is 1. The second kappa shape index (κ2) is 7.14. The summed E-state index contributed by atoms with van der Waals surface area (Å²) in [6, 6.07) is 5.40. The molecule has 0 saturated heterocycles. The van der Waals surface area contributed by atoms with E-state index in [0.717, 1.165) is 5.56 Å². The van der Waals surface area contributed by atoms with Crippen molar-refractivity contribution >= 4 is 11.8 Å². The van der Waals surface area contributed by atoms with Crippen LogP contribution in [0.5, 0.6) is 5.75 Å². The molecule has 0 spiro atoms. The van der Waals surface area contributed by atoms with Gasteiger partial charge in [0.25, 0.3) is 0 Å². The summed E-state index contributed by atoms with van der Waals surface area (Å²) in [5.41, 5.74) is 1.04. The molecule has 0 fully saturated rings. The van der Waals surface area contributed by atoms with Gasteiger partial charge in [-0.3, -0.25) is 5.32 Å². The molecule has 1 rings (SSSR count). The molecule has 0 aliphatic heterocycles. The van der Waals surface area contributed by atoms with Crippen molar-refractivity contribution in [2.75, 3.05) is 19.0 Å². The minimum absolute atomic E-state index is 0.100. The van der Waals surface area contributed by atoms with E-state index in [4.69, 9.17) is 14.6 Å². The first-order chi connectivity index (χ1) is 9.35. The van der Waals surface area contributed by atoms with Crippen LogP contribution >= 0.6 is 0 Å². The van der Waals surface area contributed by atoms with Gasteiger partial charge in [-0.2, -0.15) is 0 Å². The molecule has 1 aromatic rings. The van der Waals surface area contributed by atoms with E-state index in [2.05, 4.69) is 5.32 Å². The van der Waals surface area contributed by atoms with Gasteiger partial charge < -0.3 is 14.6 Å². The number of amides is 1. The van der Waals surface area contributed by atoms with E-state index in [0.29, 0.717) is 24.3 Å². The SMILES string of the molecule is COc1ccc(NC(=O)OC(C)(C)C)c(CCCO)c1. The number of rotatable bonds is 5. The number of ether oxygens (including phenoxy) is 2. The first-order valence-electron chi connectivity index (χ1n) is 6.63. The highest BCUT2D eigenvalue weighted by molar-refractivity contribution is 5.86. The van der Waals surface area contributed by atoms with Gasteiger partial charge in [0.05, 0.1) is 7.11 Å². The lowest BCUT2D eigenvalue weighted by atomic mass is 10.1. The lowest BCUT2D eigenvalue weighted by Crippen LogP contribution is -2.27. The maximum atomic E-state index is 11.8. The van der Waals surface area contributed by atoms with Gasteiger partial charge in [-0.05, 0) is 57.4 Å². The normalized spacial score (nSPS) is 11.1. The molecule has 0 aliphatic rings. The lowest BCUT2D eigenvalue weighted by molar-refractivity contribution is 0.0636. The molecule has 0 aliphatic carbocycles. The number of anilines is 1. The topological polar surface area (TPSA) is 67.8 Å². The first-order valence-corrected chi connectivity index (χ1v) is 6.63. The molecular formula is C15H23NO4. The molecule has 1 amide bonds. The van der Waals surface area contributed by atoms with Crippen molar-refractivity contribution in [1.29, 1.82) is 0 Å². The second-order valence-corrected chi connectivity index (χ2v) is 5.48. The van der Waals surface area contributed by atoms with Crippen molar-refractivity contribution in [2.45, 2.75) is 39.2 Å². The number of hydrogen-bond acceptors (Lipinski definition) is 4. The monoisotopic (exact) mass is 281 g/mol. The molecule has 112 valence electrons. The molecule has 5 heteroatoms. The van der Waals surface area contributed by atoms with Gasteiger partial charge in [0, 0.05) is 12.3 Å². The minimum atomic E-state index is -0.540. The van der Waals surface area contributed by atoms with Crippen molar-refractivity contribution in [1.82, 2.24) is 0 Å². The van der Waals surface area contributed by atoms with E-state index in [1.165, 1.54) is 0 Å². The summed E-state index contributed by atoms with van der Waals surface area (Å²) in [6.07, 6.45) is 0.780. The number of nitrogens with one attached hydrogen (secondary N) is 1.